The first-order valence-electron chi connectivity index (χ1n) is 6.67. The Bertz CT molecular complexity index is 422. The Morgan fingerprint density at radius 2 is 2.22 bits per heavy atom. The summed E-state index contributed by atoms with van der Waals surface area (Å²) in [6.07, 6.45) is 0. The SMILES string of the molecule is C[C@@H]1CNCCN1Cc1cccc2c1OCCO2. The second kappa shape index (κ2) is 5.16. The van der Waals surface area contributed by atoms with Crippen LogP contribution >= 0.6 is 0 Å². The van der Waals surface area contributed by atoms with Crippen LogP contribution in [0.15, 0.2) is 18.2 Å². The van der Waals surface area contributed by atoms with Crippen LogP contribution in [-0.4, -0.2) is 43.8 Å². The molecule has 98 valence electrons. The number of nitrogens with one attached hydrogen (secondary N) is 1. The highest BCUT2D eigenvalue weighted by Gasteiger charge is 2.21. The summed E-state index contributed by atoms with van der Waals surface area (Å²) in [6.45, 7) is 7.73. The van der Waals surface area contributed by atoms with Gasteiger partial charge in [0, 0.05) is 37.8 Å². The van der Waals surface area contributed by atoms with Crippen molar-refractivity contribution in [3.8, 4) is 11.5 Å². The molecule has 0 radical (unpaired) electrons. The van der Waals surface area contributed by atoms with Gasteiger partial charge >= 0.3 is 0 Å². The molecule has 4 heteroatoms. The number of benzene rings is 1. The molecule has 0 amide bonds. The van der Waals surface area contributed by atoms with Gasteiger partial charge in [0.1, 0.15) is 13.2 Å². The number of nitrogens with zero attached hydrogens (tertiary/aromatic N) is 1. The number of hydrogen-bond donors (Lipinski definition) is 1. The van der Waals surface area contributed by atoms with Gasteiger partial charge < -0.3 is 14.8 Å². The fraction of sp³-hybridized carbons (Fsp3) is 0.571. The summed E-state index contributed by atoms with van der Waals surface area (Å²) >= 11 is 0. The van der Waals surface area contributed by atoms with E-state index >= 15 is 0 Å². The Morgan fingerprint density at radius 3 is 3.11 bits per heavy atom. The quantitative estimate of drug-likeness (QED) is 0.854. The van der Waals surface area contributed by atoms with E-state index in [1.165, 1.54) is 5.56 Å². The molecule has 1 fully saturated rings. The normalized spacial score (nSPS) is 23.9. The first kappa shape index (κ1) is 11.8. The number of hydrogen-bond acceptors (Lipinski definition) is 4. The van der Waals surface area contributed by atoms with E-state index in [0.29, 0.717) is 19.3 Å². The van der Waals surface area contributed by atoms with Gasteiger partial charge in [-0.1, -0.05) is 12.1 Å². The molecule has 0 bridgehead atoms. The van der Waals surface area contributed by atoms with Crippen LogP contribution in [0.5, 0.6) is 11.5 Å². The molecule has 2 aliphatic rings. The van der Waals surface area contributed by atoms with Crippen molar-refractivity contribution in [1.82, 2.24) is 10.2 Å². The Morgan fingerprint density at radius 1 is 1.33 bits per heavy atom. The van der Waals surface area contributed by atoms with Gasteiger partial charge in [-0.2, -0.15) is 0 Å². The van der Waals surface area contributed by atoms with E-state index in [1.807, 2.05) is 6.07 Å². The van der Waals surface area contributed by atoms with Crippen LogP contribution in [0, 0.1) is 0 Å². The van der Waals surface area contributed by atoms with Gasteiger partial charge in [-0.25, -0.2) is 0 Å². The summed E-state index contributed by atoms with van der Waals surface area (Å²) in [6, 6.07) is 6.75. The molecular weight excluding hydrogens is 228 g/mol. The lowest BCUT2D eigenvalue weighted by Gasteiger charge is -2.34. The van der Waals surface area contributed by atoms with Gasteiger partial charge in [-0.3, -0.25) is 4.90 Å². The summed E-state index contributed by atoms with van der Waals surface area (Å²) in [5, 5.41) is 3.41. The Kier molecular flexibility index (Phi) is 3.39. The van der Waals surface area contributed by atoms with Crippen LogP contribution in [0.1, 0.15) is 12.5 Å². The monoisotopic (exact) mass is 248 g/mol. The molecule has 2 aliphatic heterocycles. The zero-order valence-electron chi connectivity index (χ0n) is 10.8. The topological polar surface area (TPSA) is 33.7 Å². The zero-order valence-corrected chi connectivity index (χ0v) is 10.8. The maximum absolute atomic E-state index is 5.76. The summed E-state index contributed by atoms with van der Waals surface area (Å²) in [7, 11) is 0. The first-order chi connectivity index (χ1) is 8.84. The molecular formula is C14H20N2O2. The third kappa shape index (κ3) is 2.31. The fourth-order valence-electron chi connectivity index (χ4n) is 2.60. The number of ether oxygens (including phenoxy) is 2. The van der Waals surface area contributed by atoms with Gasteiger partial charge in [-0.05, 0) is 13.0 Å². The summed E-state index contributed by atoms with van der Waals surface area (Å²) < 4.78 is 11.4. The molecule has 0 spiro atoms. The Hall–Kier alpha value is -1.26. The lowest BCUT2D eigenvalue weighted by atomic mass is 10.1. The van der Waals surface area contributed by atoms with Crippen LogP contribution in [0.25, 0.3) is 0 Å². The molecule has 1 N–H and O–H groups in total. The second-order valence-electron chi connectivity index (χ2n) is 4.96. The van der Waals surface area contributed by atoms with Crippen molar-refractivity contribution in [2.24, 2.45) is 0 Å². The number of fused-ring (bicyclic) bond motifs is 1. The van der Waals surface area contributed by atoms with Crippen LogP contribution in [0.3, 0.4) is 0 Å². The molecule has 3 rings (SSSR count). The minimum Gasteiger partial charge on any atom is -0.486 e. The number of para-hydroxylation sites is 1. The smallest absolute Gasteiger partial charge is 0.165 e. The third-order valence-electron chi connectivity index (χ3n) is 3.66. The average molecular weight is 248 g/mol. The summed E-state index contributed by atoms with van der Waals surface area (Å²) in [5.74, 6) is 1.83. The highest BCUT2D eigenvalue weighted by molar-refractivity contribution is 5.47. The van der Waals surface area contributed by atoms with Crippen LogP contribution < -0.4 is 14.8 Å². The predicted molar refractivity (Wildman–Crippen MR) is 70.2 cm³/mol. The molecule has 4 nitrogen and oxygen atoms in total. The fourth-order valence-corrected chi connectivity index (χ4v) is 2.60. The Labute approximate surface area is 108 Å². The lowest BCUT2D eigenvalue weighted by Crippen LogP contribution is -2.49. The molecule has 2 heterocycles. The van der Waals surface area contributed by atoms with Gasteiger partial charge in [0.15, 0.2) is 11.5 Å². The first-order valence-corrected chi connectivity index (χ1v) is 6.67. The molecule has 1 atom stereocenters. The van der Waals surface area contributed by atoms with Gasteiger partial charge in [0.25, 0.3) is 0 Å². The van der Waals surface area contributed by atoms with Crippen LogP contribution in [0.2, 0.25) is 0 Å². The number of rotatable bonds is 2. The maximum atomic E-state index is 5.76. The van der Waals surface area contributed by atoms with Crippen molar-refractivity contribution in [3.05, 3.63) is 23.8 Å². The maximum Gasteiger partial charge on any atom is 0.165 e. The number of piperazine rings is 1. The van der Waals surface area contributed by atoms with Gasteiger partial charge in [-0.15, -0.1) is 0 Å². The molecule has 0 aliphatic carbocycles. The van der Waals surface area contributed by atoms with Crippen LogP contribution in [-0.2, 0) is 6.54 Å². The van der Waals surface area contributed by atoms with E-state index in [-0.39, 0.29) is 0 Å². The highest BCUT2D eigenvalue weighted by Crippen LogP contribution is 2.34. The average Bonchev–Trinajstić information content (AvgIpc) is 2.42. The standard InChI is InChI=1S/C14H20N2O2/c1-11-9-15-5-6-16(11)10-12-3-2-4-13-14(12)18-8-7-17-13/h2-4,11,15H,5-10H2,1H3/t11-/m1/s1. The van der Waals surface area contributed by atoms with E-state index in [1.54, 1.807) is 0 Å². The van der Waals surface area contributed by atoms with Crippen molar-refractivity contribution in [2.75, 3.05) is 32.8 Å². The van der Waals surface area contributed by atoms with E-state index in [0.717, 1.165) is 37.7 Å². The van der Waals surface area contributed by atoms with E-state index in [9.17, 15) is 0 Å². The lowest BCUT2D eigenvalue weighted by molar-refractivity contribution is 0.150. The van der Waals surface area contributed by atoms with Crippen molar-refractivity contribution < 1.29 is 9.47 Å². The van der Waals surface area contributed by atoms with Gasteiger partial charge in [0.05, 0.1) is 0 Å². The van der Waals surface area contributed by atoms with Crippen molar-refractivity contribution >= 4 is 0 Å². The zero-order chi connectivity index (χ0) is 12.4. The summed E-state index contributed by atoms with van der Waals surface area (Å²) in [4.78, 5) is 2.49. The molecule has 1 aromatic rings. The summed E-state index contributed by atoms with van der Waals surface area (Å²) in [5.41, 5.74) is 1.24. The second-order valence-corrected chi connectivity index (χ2v) is 4.96. The van der Waals surface area contributed by atoms with Crippen molar-refractivity contribution in [2.45, 2.75) is 19.5 Å². The molecule has 0 aromatic heterocycles. The van der Waals surface area contributed by atoms with Crippen molar-refractivity contribution in [3.63, 3.8) is 0 Å². The Balaban J connectivity index is 1.79. The van der Waals surface area contributed by atoms with E-state index in [4.69, 9.17) is 9.47 Å². The van der Waals surface area contributed by atoms with Gasteiger partial charge in [0.2, 0.25) is 0 Å². The minimum absolute atomic E-state index is 0.569. The van der Waals surface area contributed by atoms with Crippen molar-refractivity contribution in [1.29, 1.82) is 0 Å². The minimum atomic E-state index is 0.569. The van der Waals surface area contributed by atoms with E-state index in [2.05, 4.69) is 29.3 Å². The predicted octanol–water partition coefficient (Wildman–Crippen LogP) is 1.25. The molecule has 18 heavy (non-hydrogen) atoms. The van der Waals surface area contributed by atoms with Crippen LogP contribution in [0.4, 0.5) is 0 Å². The third-order valence-corrected chi connectivity index (χ3v) is 3.66. The molecule has 0 saturated carbocycles. The van der Waals surface area contributed by atoms with E-state index < -0.39 is 0 Å². The molecule has 1 saturated heterocycles. The largest absolute Gasteiger partial charge is 0.486 e. The molecule has 0 unspecified atom stereocenters. The highest BCUT2D eigenvalue weighted by atomic mass is 16.6. The molecule has 1 aromatic carbocycles.